The lowest BCUT2D eigenvalue weighted by Gasteiger charge is -2.37. The second-order valence-corrected chi connectivity index (χ2v) is 7.23. The number of aromatic nitrogens is 1. The van der Waals surface area contributed by atoms with Crippen molar-refractivity contribution in [1.82, 2.24) is 9.88 Å². The van der Waals surface area contributed by atoms with E-state index in [0.29, 0.717) is 43.5 Å². The van der Waals surface area contributed by atoms with Crippen LogP contribution in [0.3, 0.4) is 0 Å². The van der Waals surface area contributed by atoms with Crippen molar-refractivity contribution in [2.45, 2.75) is 20.8 Å². The van der Waals surface area contributed by atoms with Crippen molar-refractivity contribution in [3.8, 4) is 17.4 Å². The fourth-order valence-corrected chi connectivity index (χ4v) is 2.86. The van der Waals surface area contributed by atoms with E-state index in [2.05, 4.69) is 11.1 Å². The van der Waals surface area contributed by atoms with Gasteiger partial charge >= 0.3 is 0 Å². The van der Waals surface area contributed by atoms with Crippen molar-refractivity contribution in [3.63, 3.8) is 0 Å². The highest BCUT2D eigenvalue weighted by atomic mass is 16.4. The Morgan fingerprint density at radius 2 is 1.96 bits per heavy atom. The Bertz CT molecular complexity index is 805. The molecule has 0 aliphatic carbocycles. The zero-order valence-electron chi connectivity index (χ0n) is 14.8. The molecule has 1 fully saturated rings. The Morgan fingerprint density at radius 1 is 1.24 bits per heavy atom. The number of oxazole rings is 1. The number of carbonyl (C=O) groups excluding carboxylic acids is 1. The Kier molecular flexibility index (Phi) is 4.49. The molecule has 0 bridgehead atoms. The quantitative estimate of drug-likeness (QED) is 0.842. The first-order valence-corrected chi connectivity index (χ1v) is 8.39. The zero-order chi connectivity index (χ0) is 18.0. The maximum Gasteiger partial charge on any atom is 0.297 e. The van der Waals surface area contributed by atoms with Crippen molar-refractivity contribution in [1.29, 1.82) is 5.26 Å². The summed E-state index contributed by atoms with van der Waals surface area (Å²) in [5.74, 6) is 0.814. The molecule has 1 amide bonds. The SMILES string of the molecule is CC(C)(C)C(=O)N1CCN(c2ncc(-c3cccc(C#N)c3)o2)CC1. The van der Waals surface area contributed by atoms with Gasteiger partial charge in [-0.3, -0.25) is 4.79 Å². The molecule has 2 heterocycles. The lowest BCUT2D eigenvalue weighted by molar-refractivity contribution is -0.139. The predicted molar refractivity (Wildman–Crippen MR) is 94.9 cm³/mol. The number of nitrogens with zero attached hydrogens (tertiary/aromatic N) is 4. The summed E-state index contributed by atoms with van der Waals surface area (Å²) in [7, 11) is 0. The molecule has 0 radical (unpaired) electrons. The van der Waals surface area contributed by atoms with E-state index in [1.54, 1.807) is 18.3 Å². The summed E-state index contributed by atoms with van der Waals surface area (Å²) < 4.78 is 5.87. The Hall–Kier alpha value is -2.81. The molecule has 1 aliphatic heterocycles. The van der Waals surface area contributed by atoms with Crippen molar-refractivity contribution < 1.29 is 9.21 Å². The van der Waals surface area contributed by atoms with Crippen LogP contribution in [0.15, 0.2) is 34.9 Å². The zero-order valence-corrected chi connectivity index (χ0v) is 14.8. The minimum atomic E-state index is -0.357. The smallest absolute Gasteiger partial charge is 0.297 e. The number of anilines is 1. The average Bonchev–Trinajstić information content (AvgIpc) is 3.10. The van der Waals surface area contributed by atoms with E-state index in [-0.39, 0.29) is 11.3 Å². The highest BCUT2D eigenvalue weighted by Crippen LogP contribution is 2.26. The molecule has 1 saturated heterocycles. The van der Waals surface area contributed by atoms with Crippen molar-refractivity contribution in [3.05, 3.63) is 36.0 Å². The number of piperazine rings is 1. The van der Waals surface area contributed by atoms with E-state index in [4.69, 9.17) is 9.68 Å². The van der Waals surface area contributed by atoms with Gasteiger partial charge in [-0.2, -0.15) is 5.26 Å². The number of rotatable bonds is 2. The monoisotopic (exact) mass is 338 g/mol. The molecule has 1 aliphatic rings. The van der Waals surface area contributed by atoms with Crippen LogP contribution in [0.1, 0.15) is 26.3 Å². The molecule has 1 aromatic heterocycles. The van der Waals surface area contributed by atoms with Crippen LogP contribution in [0.25, 0.3) is 11.3 Å². The van der Waals surface area contributed by atoms with Gasteiger partial charge in [0.25, 0.3) is 6.01 Å². The third-order valence-corrected chi connectivity index (χ3v) is 4.25. The second kappa shape index (κ2) is 6.60. The van der Waals surface area contributed by atoms with E-state index < -0.39 is 0 Å². The normalized spacial score (nSPS) is 15.1. The average molecular weight is 338 g/mol. The van der Waals surface area contributed by atoms with Gasteiger partial charge in [-0.25, -0.2) is 4.98 Å². The fraction of sp³-hybridized carbons (Fsp3) is 0.421. The minimum absolute atomic E-state index is 0.175. The summed E-state index contributed by atoms with van der Waals surface area (Å²) in [6, 6.07) is 9.94. The van der Waals surface area contributed by atoms with Crippen LogP contribution in [-0.2, 0) is 4.79 Å². The van der Waals surface area contributed by atoms with Gasteiger partial charge in [0, 0.05) is 37.2 Å². The van der Waals surface area contributed by atoms with E-state index in [0.717, 1.165) is 5.56 Å². The highest BCUT2D eigenvalue weighted by molar-refractivity contribution is 5.81. The van der Waals surface area contributed by atoms with Gasteiger partial charge in [0.15, 0.2) is 5.76 Å². The lowest BCUT2D eigenvalue weighted by Crippen LogP contribution is -2.51. The van der Waals surface area contributed by atoms with Gasteiger partial charge in [-0.05, 0) is 12.1 Å². The summed E-state index contributed by atoms with van der Waals surface area (Å²) >= 11 is 0. The molecular weight excluding hydrogens is 316 g/mol. The molecule has 6 heteroatoms. The molecule has 0 spiro atoms. The van der Waals surface area contributed by atoms with E-state index >= 15 is 0 Å². The van der Waals surface area contributed by atoms with Gasteiger partial charge in [0.05, 0.1) is 17.8 Å². The largest absolute Gasteiger partial charge is 0.423 e. The van der Waals surface area contributed by atoms with E-state index in [1.807, 2.05) is 42.7 Å². The third-order valence-electron chi connectivity index (χ3n) is 4.25. The van der Waals surface area contributed by atoms with Gasteiger partial charge in [0.1, 0.15) is 0 Å². The van der Waals surface area contributed by atoms with E-state index in [1.165, 1.54) is 0 Å². The fourth-order valence-electron chi connectivity index (χ4n) is 2.86. The van der Waals surface area contributed by atoms with Crippen molar-refractivity contribution in [2.24, 2.45) is 5.41 Å². The molecule has 1 aromatic carbocycles. The number of nitriles is 1. The van der Waals surface area contributed by atoms with Gasteiger partial charge in [-0.1, -0.05) is 32.9 Å². The first kappa shape index (κ1) is 17.0. The van der Waals surface area contributed by atoms with Crippen LogP contribution in [-0.4, -0.2) is 42.0 Å². The van der Waals surface area contributed by atoms with Crippen LogP contribution >= 0.6 is 0 Å². The highest BCUT2D eigenvalue weighted by Gasteiger charge is 2.30. The number of benzene rings is 1. The molecular formula is C19H22N4O2. The maximum absolute atomic E-state index is 12.4. The van der Waals surface area contributed by atoms with Crippen LogP contribution in [0.2, 0.25) is 0 Å². The molecule has 0 saturated carbocycles. The molecule has 25 heavy (non-hydrogen) atoms. The van der Waals surface area contributed by atoms with Gasteiger partial charge in [-0.15, -0.1) is 0 Å². The number of amides is 1. The van der Waals surface area contributed by atoms with Gasteiger partial charge < -0.3 is 14.2 Å². The minimum Gasteiger partial charge on any atom is -0.423 e. The molecule has 130 valence electrons. The van der Waals surface area contributed by atoms with Gasteiger partial charge in [0.2, 0.25) is 5.91 Å². The Morgan fingerprint density at radius 3 is 2.60 bits per heavy atom. The maximum atomic E-state index is 12.4. The van der Waals surface area contributed by atoms with Crippen LogP contribution in [0.4, 0.5) is 6.01 Å². The van der Waals surface area contributed by atoms with Crippen molar-refractivity contribution >= 4 is 11.9 Å². The predicted octanol–water partition coefficient (Wildman–Crippen LogP) is 2.91. The first-order valence-electron chi connectivity index (χ1n) is 8.39. The van der Waals surface area contributed by atoms with E-state index in [9.17, 15) is 4.79 Å². The Balaban J connectivity index is 1.68. The molecule has 6 nitrogen and oxygen atoms in total. The van der Waals surface area contributed by atoms with Crippen LogP contribution in [0, 0.1) is 16.7 Å². The lowest BCUT2D eigenvalue weighted by atomic mass is 9.94. The molecule has 2 aromatic rings. The third kappa shape index (κ3) is 3.66. The number of hydrogen-bond donors (Lipinski definition) is 0. The van der Waals surface area contributed by atoms with Crippen molar-refractivity contribution in [2.75, 3.05) is 31.1 Å². The Labute approximate surface area is 147 Å². The van der Waals surface area contributed by atoms with Crippen LogP contribution in [0.5, 0.6) is 0 Å². The first-order chi connectivity index (χ1) is 11.9. The molecule has 0 unspecified atom stereocenters. The summed E-state index contributed by atoms with van der Waals surface area (Å²) in [6.07, 6.45) is 1.68. The molecule has 0 atom stereocenters. The molecule has 0 N–H and O–H groups in total. The summed E-state index contributed by atoms with van der Waals surface area (Å²) in [5.41, 5.74) is 1.06. The molecule has 3 rings (SSSR count). The topological polar surface area (TPSA) is 73.4 Å². The van der Waals surface area contributed by atoms with Crippen LogP contribution < -0.4 is 4.90 Å². The standard InChI is InChI=1S/C19H22N4O2/c1-19(2,3)17(24)22-7-9-23(10-8-22)18-21-13-16(25-18)15-6-4-5-14(11-15)12-20/h4-6,11,13H,7-10H2,1-3H3. The summed E-state index contributed by atoms with van der Waals surface area (Å²) in [5, 5.41) is 9.01. The summed E-state index contributed by atoms with van der Waals surface area (Å²) in [4.78, 5) is 20.7. The second-order valence-electron chi connectivity index (χ2n) is 7.23. The number of carbonyl (C=O) groups is 1. The summed E-state index contributed by atoms with van der Waals surface area (Å²) in [6.45, 7) is 8.54. The number of hydrogen-bond acceptors (Lipinski definition) is 5.